The fraction of sp³-hybridized carbons (Fsp3) is 0.318. The van der Waals surface area contributed by atoms with E-state index in [4.69, 9.17) is 4.74 Å². The van der Waals surface area contributed by atoms with Crippen molar-refractivity contribution in [3.05, 3.63) is 64.6 Å². The first-order valence-electron chi connectivity index (χ1n) is 9.80. The molecule has 1 aromatic heterocycles. The number of anilines is 1. The molecule has 0 radical (unpaired) electrons. The summed E-state index contributed by atoms with van der Waals surface area (Å²) < 4.78 is 48.5. The Morgan fingerprint density at radius 2 is 1.87 bits per heavy atom. The average molecular weight is 415 g/mol. The van der Waals surface area contributed by atoms with E-state index in [9.17, 15) is 18.0 Å². The second-order valence-corrected chi connectivity index (χ2v) is 7.13. The summed E-state index contributed by atoms with van der Waals surface area (Å²) in [5.74, 6) is -4.04. The molecule has 0 saturated carbocycles. The number of morpholine rings is 1. The van der Waals surface area contributed by atoms with Crippen LogP contribution in [-0.2, 0) is 11.2 Å². The largest absolute Gasteiger partial charge is 0.378 e. The molecule has 2 heterocycles. The van der Waals surface area contributed by atoms with Crippen molar-refractivity contribution in [1.82, 2.24) is 9.97 Å². The minimum atomic E-state index is -1.48. The van der Waals surface area contributed by atoms with E-state index in [1.165, 1.54) is 12.1 Å². The zero-order valence-corrected chi connectivity index (χ0v) is 16.4. The van der Waals surface area contributed by atoms with Gasteiger partial charge in [0.1, 0.15) is 11.6 Å². The van der Waals surface area contributed by atoms with Crippen molar-refractivity contribution in [2.75, 3.05) is 31.2 Å². The number of fused-ring (bicyclic) bond motifs is 1. The molecule has 0 spiro atoms. The summed E-state index contributed by atoms with van der Waals surface area (Å²) in [6.45, 7) is 4.28. The number of hydrogen-bond acceptors (Lipinski definition) is 5. The third-order valence-corrected chi connectivity index (χ3v) is 5.10. The zero-order chi connectivity index (χ0) is 21.3. The number of halogens is 3. The van der Waals surface area contributed by atoms with Gasteiger partial charge >= 0.3 is 0 Å². The van der Waals surface area contributed by atoms with E-state index in [0.29, 0.717) is 49.6 Å². The van der Waals surface area contributed by atoms with Gasteiger partial charge in [-0.3, -0.25) is 9.78 Å². The smallest absolute Gasteiger partial charge is 0.199 e. The molecule has 2 aromatic carbocycles. The van der Waals surface area contributed by atoms with Gasteiger partial charge in [0.2, 0.25) is 0 Å². The summed E-state index contributed by atoms with van der Waals surface area (Å²) in [6.07, 6.45) is 2.37. The van der Waals surface area contributed by atoms with Crippen LogP contribution in [0.5, 0.6) is 0 Å². The van der Waals surface area contributed by atoms with E-state index in [1.807, 2.05) is 4.90 Å². The quantitative estimate of drug-likeness (QED) is 0.465. The van der Waals surface area contributed by atoms with Gasteiger partial charge < -0.3 is 9.64 Å². The highest BCUT2D eigenvalue weighted by Gasteiger charge is 2.25. The Balaban J connectivity index is 1.75. The summed E-state index contributed by atoms with van der Waals surface area (Å²) in [5.41, 5.74) is 0.0677. The van der Waals surface area contributed by atoms with Gasteiger partial charge in [0, 0.05) is 18.7 Å². The molecule has 0 N–H and O–H groups in total. The molecule has 0 bridgehead atoms. The minimum Gasteiger partial charge on any atom is -0.378 e. The molecule has 156 valence electrons. The number of aromatic nitrogens is 2. The molecule has 1 saturated heterocycles. The van der Waals surface area contributed by atoms with Gasteiger partial charge in [-0.2, -0.15) is 0 Å². The zero-order valence-electron chi connectivity index (χ0n) is 16.4. The third kappa shape index (κ3) is 3.75. The Hall–Kier alpha value is -3.00. The monoisotopic (exact) mass is 415 g/mol. The van der Waals surface area contributed by atoms with Crippen molar-refractivity contribution in [2.24, 2.45) is 0 Å². The van der Waals surface area contributed by atoms with Crippen LogP contribution in [0.4, 0.5) is 19.0 Å². The van der Waals surface area contributed by atoms with Crippen LogP contribution in [0.25, 0.3) is 11.0 Å². The maximum atomic E-state index is 14.8. The van der Waals surface area contributed by atoms with Crippen LogP contribution in [0.3, 0.4) is 0 Å². The van der Waals surface area contributed by atoms with E-state index in [2.05, 4.69) is 9.97 Å². The summed E-state index contributed by atoms with van der Waals surface area (Å²) in [5, 5.41) is 0. The summed E-state index contributed by atoms with van der Waals surface area (Å²) in [4.78, 5) is 23.8. The number of carbonyl (C=O) groups is 1. The molecule has 30 heavy (non-hydrogen) atoms. The highest BCUT2D eigenvalue weighted by Crippen LogP contribution is 2.26. The molecule has 1 fully saturated rings. The maximum Gasteiger partial charge on any atom is 0.199 e. The lowest BCUT2D eigenvalue weighted by atomic mass is 9.97. The Bertz CT molecular complexity index is 1110. The molecule has 1 aliphatic heterocycles. The minimum absolute atomic E-state index is 0.0155. The van der Waals surface area contributed by atoms with Gasteiger partial charge in [-0.1, -0.05) is 13.3 Å². The molecular formula is C22H20F3N3O2. The van der Waals surface area contributed by atoms with Gasteiger partial charge in [-0.25, -0.2) is 18.2 Å². The Morgan fingerprint density at radius 1 is 1.10 bits per heavy atom. The fourth-order valence-corrected chi connectivity index (χ4v) is 3.54. The maximum absolute atomic E-state index is 14.8. The van der Waals surface area contributed by atoms with Crippen molar-refractivity contribution in [2.45, 2.75) is 19.8 Å². The van der Waals surface area contributed by atoms with E-state index in [1.54, 1.807) is 19.2 Å². The van der Waals surface area contributed by atoms with Crippen molar-refractivity contribution < 1.29 is 22.7 Å². The Labute approximate surface area is 171 Å². The number of hydrogen-bond donors (Lipinski definition) is 0. The van der Waals surface area contributed by atoms with Gasteiger partial charge in [0.15, 0.2) is 17.4 Å². The lowest BCUT2D eigenvalue weighted by Gasteiger charge is -2.27. The first-order chi connectivity index (χ1) is 14.5. The predicted octanol–water partition coefficient (Wildman–Crippen LogP) is 4.07. The molecule has 8 heteroatoms. The lowest BCUT2D eigenvalue weighted by Crippen LogP contribution is -2.36. The van der Waals surface area contributed by atoms with Crippen LogP contribution in [0, 0.1) is 17.5 Å². The fourth-order valence-electron chi connectivity index (χ4n) is 3.54. The van der Waals surface area contributed by atoms with Crippen molar-refractivity contribution in [1.29, 1.82) is 0 Å². The average Bonchev–Trinajstić information content (AvgIpc) is 2.77. The summed E-state index contributed by atoms with van der Waals surface area (Å²) >= 11 is 0. The first kappa shape index (κ1) is 20.3. The second kappa shape index (κ2) is 8.39. The van der Waals surface area contributed by atoms with Gasteiger partial charge in [0.05, 0.1) is 36.0 Å². The molecular weight excluding hydrogens is 395 g/mol. The standard InChI is InChI=1S/C22H20F3N3O2/c1-2-3-13-10-15(23)21(25)19(20(13)24)22(29)14-4-5-16-17(11-14)27-18(12-26-16)28-6-8-30-9-7-28/h4-5,10-12H,2-3,6-9H2,1H3. The van der Waals surface area contributed by atoms with Gasteiger partial charge in [-0.15, -0.1) is 0 Å². The highest BCUT2D eigenvalue weighted by atomic mass is 19.2. The van der Waals surface area contributed by atoms with Crippen molar-refractivity contribution in [3.63, 3.8) is 0 Å². The number of ketones is 1. The van der Waals surface area contributed by atoms with Crippen LogP contribution in [0.2, 0.25) is 0 Å². The number of carbonyl (C=O) groups excluding carboxylic acids is 1. The number of rotatable bonds is 5. The molecule has 4 rings (SSSR count). The Kier molecular flexibility index (Phi) is 5.67. The van der Waals surface area contributed by atoms with E-state index in [-0.39, 0.29) is 17.5 Å². The molecule has 0 unspecified atom stereocenters. The second-order valence-electron chi connectivity index (χ2n) is 7.13. The van der Waals surface area contributed by atoms with Crippen molar-refractivity contribution in [3.8, 4) is 0 Å². The SMILES string of the molecule is CCCc1cc(F)c(F)c(C(=O)c2ccc3ncc(N4CCOCC4)nc3c2)c1F. The number of aryl methyl sites for hydroxylation is 1. The van der Waals surface area contributed by atoms with E-state index < -0.39 is 28.8 Å². The summed E-state index contributed by atoms with van der Waals surface area (Å²) in [6, 6.07) is 5.21. The Morgan fingerprint density at radius 3 is 2.60 bits per heavy atom. The summed E-state index contributed by atoms with van der Waals surface area (Å²) in [7, 11) is 0. The number of nitrogens with zero attached hydrogens (tertiary/aromatic N) is 3. The normalized spacial score (nSPS) is 14.3. The van der Waals surface area contributed by atoms with Crippen LogP contribution in [0.1, 0.15) is 34.8 Å². The van der Waals surface area contributed by atoms with E-state index >= 15 is 0 Å². The molecule has 1 aliphatic rings. The molecule has 0 aliphatic carbocycles. The molecule has 0 amide bonds. The first-order valence-corrected chi connectivity index (χ1v) is 9.80. The topological polar surface area (TPSA) is 55.3 Å². The van der Waals surface area contributed by atoms with Crippen LogP contribution < -0.4 is 4.90 Å². The van der Waals surface area contributed by atoms with Gasteiger partial charge in [-0.05, 0) is 36.2 Å². The number of ether oxygens (including phenoxy) is 1. The predicted molar refractivity (Wildman–Crippen MR) is 106 cm³/mol. The molecule has 3 aromatic rings. The third-order valence-electron chi connectivity index (χ3n) is 5.10. The molecule has 0 atom stereocenters. The van der Waals surface area contributed by atoms with Crippen LogP contribution in [0.15, 0.2) is 30.5 Å². The van der Waals surface area contributed by atoms with Gasteiger partial charge in [0.25, 0.3) is 0 Å². The lowest BCUT2D eigenvalue weighted by molar-refractivity contribution is 0.102. The van der Waals surface area contributed by atoms with Crippen LogP contribution in [-0.4, -0.2) is 42.1 Å². The van der Waals surface area contributed by atoms with Crippen molar-refractivity contribution >= 4 is 22.6 Å². The number of benzene rings is 2. The highest BCUT2D eigenvalue weighted by molar-refractivity contribution is 6.10. The molecule has 5 nitrogen and oxygen atoms in total. The van der Waals surface area contributed by atoms with E-state index in [0.717, 1.165) is 6.07 Å². The van der Waals surface area contributed by atoms with Crippen LogP contribution >= 0.6 is 0 Å².